The first-order chi connectivity index (χ1) is 13.5. The van der Waals surface area contributed by atoms with Crippen molar-refractivity contribution in [3.63, 3.8) is 0 Å². The molecule has 0 spiro atoms. The zero-order valence-electron chi connectivity index (χ0n) is 17.8. The molecule has 3 rings (SSSR count). The molecule has 0 unspecified atom stereocenters. The van der Waals surface area contributed by atoms with Crippen LogP contribution in [-0.4, -0.2) is 51.4 Å². The Hall–Kier alpha value is -0.713. The van der Waals surface area contributed by atoms with Crippen molar-refractivity contribution in [2.75, 3.05) is 25.1 Å². The Morgan fingerprint density at radius 1 is 1.38 bits per heavy atom. The number of fused-ring (bicyclic) bond motifs is 1. The fraction of sp³-hybridized carbons (Fsp3) is 0.650. The molecule has 0 saturated carbocycles. The standard InChI is InChI=1S/C20H32BrN3O3SSi/c1-20(2,3)29(4,5)27-11-16-17(22)14(10-26-16)23-19(28)24-18-12-8-9-25-15(12)7-6-13(18)21/h6-7,14,16-17H,8-11,22H2,1-5H3,(H2,23,24,28)/t14-,16+,17-/m0/s1. The lowest BCUT2D eigenvalue weighted by molar-refractivity contribution is 0.0563. The van der Waals surface area contributed by atoms with E-state index < -0.39 is 8.32 Å². The molecular weight excluding hydrogens is 470 g/mol. The van der Waals surface area contributed by atoms with E-state index in [0.717, 1.165) is 27.9 Å². The van der Waals surface area contributed by atoms with Crippen molar-refractivity contribution in [1.82, 2.24) is 5.32 Å². The third-order valence-corrected chi connectivity index (χ3v) is 11.6. The van der Waals surface area contributed by atoms with Crippen LogP contribution in [0.1, 0.15) is 26.3 Å². The minimum absolute atomic E-state index is 0.0604. The minimum Gasteiger partial charge on any atom is -0.493 e. The van der Waals surface area contributed by atoms with Crippen LogP contribution in [0, 0.1) is 0 Å². The van der Waals surface area contributed by atoms with Crippen LogP contribution in [0.25, 0.3) is 0 Å². The summed E-state index contributed by atoms with van der Waals surface area (Å²) in [6.07, 6.45) is 0.726. The second kappa shape index (κ2) is 8.80. The van der Waals surface area contributed by atoms with E-state index in [9.17, 15) is 0 Å². The van der Waals surface area contributed by atoms with Gasteiger partial charge in [0.15, 0.2) is 13.4 Å². The highest BCUT2D eigenvalue weighted by atomic mass is 79.9. The number of rotatable bonds is 5. The molecule has 2 heterocycles. The SMILES string of the molecule is CC(C)(C)[Si](C)(C)OC[C@H]1OC[C@H](NC(=S)Nc2c(Br)ccc3c2CCO3)[C@@H]1N. The molecule has 162 valence electrons. The summed E-state index contributed by atoms with van der Waals surface area (Å²) in [4.78, 5) is 0. The van der Waals surface area contributed by atoms with E-state index in [4.69, 9.17) is 31.9 Å². The normalized spacial score (nSPS) is 24.2. The van der Waals surface area contributed by atoms with Crippen LogP contribution in [-0.2, 0) is 15.6 Å². The lowest BCUT2D eigenvalue weighted by Crippen LogP contribution is -2.52. The van der Waals surface area contributed by atoms with Crippen LogP contribution < -0.4 is 21.1 Å². The predicted molar refractivity (Wildman–Crippen MR) is 127 cm³/mol. The molecule has 2 aliphatic rings. The van der Waals surface area contributed by atoms with E-state index in [1.807, 2.05) is 12.1 Å². The summed E-state index contributed by atoms with van der Waals surface area (Å²) in [7, 11) is -1.83. The third kappa shape index (κ3) is 5.14. The minimum atomic E-state index is -1.83. The molecule has 1 saturated heterocycles. The molecule has 1 aromatic rings. The van der Waals surface area contributed by atoms with Crippen LogP contribution in [0.4, 0.5) is 5.69 Å². The lowest BCUT2D eigenvalue weighted by Gasteiger charge is -2.37. The summed E-state index contributed by atoms with van der Waals surface area (Å²) < 4.78 is 18.8. The highest BCUT2D eigenvalue weighted by Gasteiger charge is 2.41. The number of hydrogen-bond acceptors (Lipinski definition) is 5. The highest BCUT2D eigenvalue weighted by molar-refractivity contribution is 9.10. The van der Waals surface area contributed by atoms with Gasteiger partial charge in [-0.3, -0.25) is 0 Å². The molecule has 1 fully saturated rings. The maximum Gasteiger partial charge on any atom is 0.192 e. The van der Waals surface area contributed by atoms with Crippen molar-refractivity contribution in [3.05, 3.63) is 22.2 Å². The lowest BCUT2D eigenvalue weighted by atomic mass is 10.1. The first-order valence-electron chi connectivity index (χ1n) is 10.0. The van der Waals surface area contributed by atoms with Crippen molar-refractivity contribution in [1.29, 1.82) is 0 Å². The number of nitrogens with one attached hydrogen (secondary N) is 2. The van der Waals surface area contributed by atoms with Gasteiger partial charge in [0.25, 0.3) is 0 Å². The Balaban J connectivity index is 1.56. The summed E-state index contributed by atoms with van der Waals surface area (Å²) >= 11 is 9.15. The molecule has 29 heavy (non-hydrogen) atoms. The Kier molecular flexibility index (Phi) is 6.97. The first kappa shape index (κ1) is 23.0. The van der Waals surface area contributed by atoms with Gasteiger partial charge in [0.2, 0.25) is 0 Å². The molecule has 0 amide bonds. The van der Waals surface area contributed by atoms with Gasteiger partial charge >= 0.3 is 0 Å². The zero-order valence-corrected chi connectivity index (χ0v) is 21.2. The summed E-state index contributed by atoms with van der Waals surface area (Å²) in [6, 6.07) is 3.69. The van der Waals surface area contributed by atoms with Crippen LogP contribution in [0.15, 0.2) is 16.6 Å². The highest BCUT2D eigenvalue weighted by Crippen LogP contribution is 2.38. The second-order valence-electron chi connectivity index (χ2n) is 9.22. The third-order valence-electron chi connectivity index (χ3n) is 6.18. The molecule has 0 bridgehead atoms. The Morgan fingerprint density at radius 3 is 2.79 bits per heavy atom. The molecular formula is C20H32BrN3O3SSi. The van der Waals surface area contributed by atoms with Gasteiger partial charge in [-0.05, 0) is 58.4 Å². The van der Waals surface area contributed by atoms with Crippen LogP contribution in [0.2, 0.25) is 18.1 Å². The van der Waals surface area contributed by atoms with Crippen molar-refractivity contribution >= 4 is 47.3 Å². The van der Waals surface area contributed by atoms with E-state index in [0.29, 0.717) is 24.9 Å². The number of hydrogen-bond donors (Lipinski definition) is 3. The monoisotopic (exact) mass is 501 g/mol. The molecule has 9 heteroatoms. The van der Waals surface area contributed by atoms with Crippen LogP contribution in [0.3, 0.4) is 0 Å². The first-order valence-corrected chi connectivity index (χ1v) is 14.1. The predicted octanol–water partition coefficient (Wildman–Crippen LogP) is 3.79. The largest absolute Gasteiger partial charge is 0.493 e. The summed E-state index contributed by atoms with van der Waals surface area (Å²) in [5.74, 6) is 0.905. The van der Waals surface area contributed by atoms with Gasteiger partial charge in [-0.2, -0.15) is 0 Å². The number of thiocarbonyl (C=S) groups is 1. The van der Waals surface area contributed by atoms with Gasteiger partial charge in [-0.25, -0.2) is 0 Å². The summed E-state index contributed by atoms with van der Waals surface area (Å²) in [5, 5.41) is 7.31. The molecule has 1 aromatic carbocycles. The fourth-order valence-electron chi connectivity index (χ4n) is 3.21. The molecule has 6 nitrogen and oxygen atoms in total. The Labute approximate surface area is 188 Å². The van der Waals surface area contributed by atoms with Crippen LogP contribution >= 0.6 is 28.1 Å². The molecule has 0 aliphatic carbocycles. The topological polar surface area (TPSA) is 77.8 Å². The van der Waals surface area contributed by atoms with Crippen LogP contribution in [0.5, 0.6) is 5.75 Å². The van der Waals surface area contributed by atoms with E-state index >= 15 is 0 Å². The number of benzene rings is 1. The van der Waals surface area contributed by atoms with Crippen molar-refractivity contribution in [3.8, 4) is 5.75 Å². The maximum atomic E-state index is 6.45. The Morgan fingerprint density at radius 2 is 2.10 bits per heavy atom. The maximum absolute atomic E-state index is 6.45. The van der Waals surface area contributed by atoms with E-state index in [1.54, 1.807) is 0 Å². The second-order valence-corrected chi connectivity index (χ2v) is 15.3. The van der Waals surface area contributed by atoms with Gasteiger partial charge < -0.3 is 30.3 Å². The van der Waals surface area contributed by atoms with E-state index in [1.165, 1.54) is 0 Å². The summed E-state index contributed by atoms with van der Waals surface area (Å²) in [6.45, 7) is 12.9. The van der Waals surface area contributed by atoms with Gasteiger partial charge in [0.1, 0.15) is 5.75 Å². The fourth-order valence-corrected chi connectivity index (χ4v) is 4.95. The summed E-state index contributed by atoms with van der Waals surface area (Å²) in [5.41, 5.74) is 8.54. The van der Waals surface area contributed by atoms with Crippen molar-refractivity contribution in [2.45, 2.75) is 63.5 Å². The number of ether oxygens (including phenoxy) is 2. The smallest absolute Gasteiger partial charge is 0.192 e. The number of anilines is 1. The van der Waals surface area contributed by atoms with Gasteiger partial charge in [-0.1, -0.05) is 20.8 Å². The van der Waals surface area contributed by atoms with Gasteiger partial charge in [0.05, 0.1) is 43.7 Å². The zero-order chi connectivity index (χ0) is 21.4. The molecule has 2 aliphatic heterocycles. The number of halogens is 1. The number of nitrogens with two attached hydrogens (primary N) is 1. The van der Waals surface area contributed by atoms with E-state index in [2.05, 4.69) is 60.4 Å². The average Bonchev–Trinajstić information content (AvgIpc) is 3.22. The molecule has 4 N–H and O–H groups in total. The van der Waals surface area contributed by atoms with E-state index in [-0.39, 0.29) is 23.2 Å². The molecule has 0 aromatic heterocycles. The quantitative estimate of drug-likeness (QED) is 0.418. The molecule has 3 atom stereocenters. The van der Waals surface area contributed by atoms with Crippen molar-refractivity contribution < 1.29 is 13.9 Å². The average molecular weight is 503 g/mol. The molecule has 0 radical (unpaired) electrons. The van der Waals surface area contributed by atoms with Crippen molar-refractivity contribution in [2.24, 2.45) is 5.73 Å². The van der Waals surface area contributed by atoms with Gasteiger partial charge in [0, 0.05) is 16.5 Å². The van der Waals surface area contributed by atoms with Gasteiger partial charge in [-0.15, -0.1) is 0 Å². The Bertz CT molecular complexity index is 772.